The summed E-state index contributed by atoms with van der Waals surface area (Å²) in [4.78, 5) is 12.5. The van der Waals surface area contributed by atoms with Gasteiger partial charge in [-0.3, -0.25) is 9.10 Å². The molecule has 8 heteroatoms. The third-order valence-electron chi connectivity index (χ3n) is 4.09. The molecule has 1 amide bonds. The van der Waals surface area contributed by atoms with Crippen molar-refractivity contribution >= 4 is 38.6 Å². The van der Waals surface area contributed by atoms with Gasteiger partial charge in [-0.25, -0.2) is 12.8 Å². The van der Waals surface area contributed by atoms with Gasteiger partial charge in [0.1, 0.15) is 16.6 Å². The zero-order valence-electron chi connectivity index (χ0n) is 15.1. The summed E-state index contributed by atoms with van der Waals surface area (Å²) < 4.78 is 41.2. The van der Waals surface area contributed by atoms with Crippen LogP contribution in [0.25, 0.3) is 0 Å². The van der Waals surface area contributed by atoms with Crippen molar-refractivity contribution < 1.29 is 17.6 Å². The van der Waals surface area contributed by atoms with Crippen LogP contribution in [0.5, 0.6) is 0 Å². The Hall–Kier alpha value is -2.71. The lowest BCUT2D eigenvalue weighted by atomic mass is 10.1. The highest BCUT2D eigenvalue weighted by molar-refractivity contribution is 7.94. The summed E-state index contributed by atoms with van der Waals surface area (Å²) in [5, 5.41) is 4.28. The first kappa shape index (κ1) is 20.0. The first-order valence-corrected chi connectivity index (χ1v) is 10.9. The predicted octanol–water partition coefficient (Wildman–Crippen LogP) is 4.28. The van der Waals surface area contributed by atoms with Gasteiger partial charge in [0, 0.05) is 5.69 Å². The minimum Gasteiger partial charge on any atom is -0.325 e. The maximum Gasteiger partial charge on any atom is 0.274 e. The highest BCUT2D eigenvalue weighted by atomic mass is 32.2. The summed E-state index contributed by atoms with van der Waals surface area (Å²) in [7, 11) is -4.08. The zero-order valence-corrected chi connectivity index (χ0v) is 16.8. The number of anilines is 2. The molecular weight excluding hydrogens is 399 g/mol. The number of aryl methyl sites for hydroxylation is 1. The Balaban J connectivity index is 1.89. The number of sulfonamides is 1. The lowest BCUT2D eigenvalue weighted by Gasteiger charge is -2.23. The Kier molecular flexibility index (Phi) is 6.11. The van der Waals surface area contributed by atoms with Gasteiger partial charge in [-0.15, -0.1) is 11.3 Å². The van der Waals surface area contributed by atoms with Crippen molar-refractivity contribution in [3.05, 3.63) is 77.4 Å². The van der Waals surface area contributed by atoms with Gasteiger partial charge in [-0.05, 0) is 47.7 Å². The first-order chi connectivity index (χ1) is 13.4. The molecule has 2 aromatic carbocycles. The quantitative estimate of drug-likeness (QED) is 0.623. The molecule has 1 heterocycles. The van der Waals surface area contributed by atoms with Gasteiger partial charge in [0.2, 0.25) is 5.91 Å². The van der Waals surface area contributed by atoms with E-state index < -0.39 is 28.3 Å². The van der Waals surface area contributed by atoms with Crippen molar-refractivity contribution in [2.24, 2.45) is 0 Å². The van der Waals surface area contributed by atoms with Gasteiger partial charge in [0.15, 0.2) is 0 Å². The minimum absolute atomic E-state index is 0.0378. The summed E-state index contributed by atoms with van der Waals surface area (Å²) in [6, 6.07) is 15.8. The molecule has 3 rings (SSSR count). The second-order valence-corrected chi connectivity index (χ2v) is 9.03. The van der Waals surface area contributed by atoms with Crippen molar-refractivity contribution in [3.63, 3.8) is 0 Å². The number of carbonyl (C=O) groups excluding carboxylic acids is 1. The molecule has 1 N–H and O–H groups in total. The Morgan fingerprint density at radius 1 is 1.07 bits per heavy atom. The Labute approximate surface area is 167 Å². The largest absolute Gasteiger partial charge is 0.325 e. The van der Waals surface area contributed by atoms with Gasteiger partial charge in [0.25, 0.3) is 10.0 Å². The summed E-state index contributed by atoms with van der Waals surface area (Å²) in [5.41, 5.74) is 1.49. The second kappa shape index (κ2) is 8.53. The maximum absolute atomic E-state index is 14.3. The molecule has 28 heavy (non-hydrogen) atoms. The van der Waals surface area contributed by atoms with Crippen molar-refractivity contribution in [2.45, 2.75) is 17.6 Å². The monoisotopic (exact) mass is 418 g/mol. The number of nitrogens with zero attached hydrogens (tertiary/aromatic N) is 1. The van der Waals surface area contributed by atoms with Crippen LogP contribution in [0.4, 0.5) is 15.8 Å². The average Bonchev–Trinajstić information content (AvgIpc) is 3.23. The molecule has 0 atom stereocenters. The number of carbonyl (C=O) groups is 1. The highest BCUT2D eigenvalue weighted by Gasteiger charge is 2.29. The van der Waals surface area contributed by atoms with E-state index in [0.29, 0.717) is 5.69 Å². The van der Waals surface area contributed by atoms with Crippen LogP contribution in [-0.4, -0.2) is 20.9 Å². The number of thiophene rings is 1. The number of nitrogens with one attached hydrogen (secondary N) is 1. The molecule has 0 bridgehead atoms. The van der Waals surface area contributed by atoms with Gasteiger partial charge >= 0.3 is 0 Å². The van der Waals surface area contributed by atoms with Crippen molar-refractivity contribution in [2.75, 3.05) is 16.2 Å². The van der Waals surface area contributed by atoms with Crippen molar-refractivity contribution in [1.29, 1.82) is 0 Å². The smallest absolute Gasteiger partial charge is 0.274 e. The molecule has 0 aliphatic rings. The van der Waals surface area contributed by atoms with E-state index in [1.807, 2.05) is 19.1 Å². The highest BCUT2D eigenvalue weighted by Crippen LogP contribution is 2.28. The molecule has 0 spiro atoms. The molecule has 0 aliphatic heterocycles. The van der Waals surface area contributed by atoms with Gasteiger partial charge in [-0.1, -0.05) is 37.3 Å². The average molecular weight is 419 g/mol. The number of halogens is 1. The number of amides is 1. The SMILES string of the molecule is CCc1ccc(NC(=O)CN(c2ccccc2F)S(=O)(=O)c2cccs2)cc1. The second-order valence-electron chi connectivity index (χ2n) is 5.99. The van der Waals surface area contributed by atoms with E-state index in [1.165, 1.54) is 24.3 Å². The molecule has 0 fully saturated rings. The zero-order chi connectivity index (χ0) is 20.1. The molecule has 0 radical (unpaired) electrons. The lowest BCUT2D eigenvalue weighted by Crippen LogP contribution is -2.38. The van der Waals surface area contributed by atoms with E-state index in [4.69, 9.17) is 0 Å². The van der Waals surface area contributed by atoms with Crippen molar-refractivity contribution in [3.8, 4) is 0 Å². The van der Waals surface area contributed by atoms with Crippen LogP contribution in [0.15, 0.2) is 70.3 Å². The number of benzene rings is 2. The molecule has 0 aliphatic carbocycles. The number of rotatable bonds is 7. The number of hydrogen-bond acceptors (Lipinski definition) is 4. The molecule has 0 saturated carbocycles. The normalized spacial score (nSPS) is 11.2. The molecule has 146 valence electrons. The van der Waals surface area contributed by atoms with Crippen LogP contribution < -0.4 is 9.62 Å². The topological polar surface area (TPSA) is 66.5 Å². The third kappa shape index (κ3) is 4.40. The number of para-hydroxylation sites is 1. The fourth-order valence-corrected chi connectivity index (χ4v) is 5.16. The fourth-order valence-electron chi connectivity index (χ4n) is 2.63. The lowest BCUT2D eigenvalue weighted by molar-refractivity contribution is -0.114. The predicted molar refractivity (Wildman–Crippen MR) is 110 cm³/mol. The summed E-state index contributed by atoms with van der Waals surface area (Å²) in [6.07, 6.45) is 0.869. The van der Waals surface area contributed by atoms with Crippen LogP contribution >= 0.6 is 11.3 Å². The third-order valence-corrected chi connectivity index (χ3v) is 7.23. The van der Waals surface area contributed by atoms with E-state index >= 15 is 0 Å². The molecule has 0 unspecified atom stereocenters. The van der Waals surface area contributed by atoms with Gasteiger partial charge < -0.3 is 5.32 Å². The standard InChI is InChI=1S/C20H19FN2O3S2/c1-2-15-9-11-16(12-10-15)22-19(24)14-23(18-7-4-3-6-17(18)21)28(25,26)20-8-5-13-27-20/h3-13H,2,14H2,1H3,(H,22,24). The first-order valence-electron chi connectivity index (χ1n) is 8.61. The molecule has 5 nitrogen and oxygen atoms in total. The van der Waals surface area contributed by atoms with Crippen LogP contribution in [0.2, 0.25) is 0 Å². The molecule has 3 aromatic rings. The molecular formula is C20H19FN2O3S2. The fraction of sp³-hybridized carbons (Fsp3) is 0.150. The van der Waals surface area contributed by atoms with E-state index in [-0.39, 0.29) is 9.90 Å². The summed E-state index contributed by atoms with van der Waals surface area (Å²) in [5.74, 6) is -1.28. The van der Waals surface area contributed by atoms with Crippen LogP contribution in [-0.2, 0) is 21.2 Å². The molecule has 0 saturated heterocycles. The van der Waals surface area contributed by atoms with Crippen LogP contribution in [0, 0.1) is 5.82 Å². The number of hydrogen-bond donors (Lipinski definition) is 1. The van der Waals surface area contributed by atoms with E-state index in [1.54, 1.807) is 23.6 Å². The van der Waals surface area contributed by atoms with Gasteiger partial charge in [-0.2, -0.15) is 0 Å². The van der Waals surface area contributed by atoms with Crippen LogP contribution in [0.1, 0.15) is 12.5 Å². The summed E-state index contributed by atoms with van der Waals surface area (Å²) in [6.45, 7) is 1.48. The minimum atomic E-state index is -4.08. The Morgan fingerprint density at radius 2 is 1.79 bits per heavy atom. The van der Waals surface area contributed by atoms with Crippen molar-refractivity contribution in [1.82, 2.24) is 0 Å². The van der Waals surface area contributed by atoms with E-state index in [9.17, 15) is 17.6 Å². The Morgan fingerprint density at radius 3 is 2.39 bits per heavy atom. The van der Waals surface area contributed by atoms with E-state index in [2.05, 4.69) is 5.32 Å². The van der Waals surface area contributed by atoms with E-state index in [0.717, 1.165) is 33.7 Å². The van der Waals surface area contributed by atoms with Gasteiger partial charge in [0.05, 0.1) is 5.69 Å². The Bertz CT molecular complexity index is 1050. The maximum atomic E-state index is 14.3. The molecule has 1 aromatic heterocycles. The summed E-state index contributed by atoms with van der Waals surface area (Å²) >= 11 is 1.01. The van der Waals surface area contributed by atoms with Crippen LogP contribution in [0.3, 0.4) is 0 Å².